The molecule has 6 nitrogen and oxygen atoms in total. The standard InChI is InChI=1S/C22H31N3O3/c1-14(10-15(2)26)13-27-18-6-8-19(9-7-18)28-22-24-21-20(25(22)3)11-17(12-23-21)16-4-5-16/h11-12,14,16,18-19H,4-10,13H2,1-3H3/t14-,18?,19?/m1/s1. The van der Waals surface area contributed by atoms with Crippen LogP contribution >= 0.6 is 0 Å². The van der Waals surface area contributed by atoms with Gasteiger partial charge in [0.05, 0.1) is 11.6 Å². The van der Waals surface area contributed by atoms with Crippen LogP contribution in [-0.2, 0) is 16.6 Å². The van der Waals surface area contributed by atoms with Gasteiger partial charge in [-0.15, -0.1) is 0 Å². The Labute approximate surface area is 166 Å². The van der Waals surface area contributed by atoms with E-state index in [1.807, 2.05) is 17.8 Å². The van der Waals surface area contributed by atoms with Crippen LogP contribution in [0.1, 0.15) is 70.3 Å². The molecule has 2 aliphatic rings. The molecule has 4 rings (SSSR count). The number of fused-ring (bicyclic) bond motifs is 1. The van der Waals surface area contributed by atoms with Crippen molar-refractivity contribution in [2.75, 3.05) is 6.61 Å². The molecule has 0 radical (unpaired) electrons. The van der Waals surface area contributed by atoms with E-state index >= 15 is 0 Å². The number of imidazole rings is 1. The molecule has 0 spiro atoms. The number of rotatable bonds is 8. The minimum atomic E-state index is 0.174. The van der Waals surface area contributed by atoms with Gasteiger partial charge in [-0.1, -0.05) is 6.92 Å². The maximum absolute atomic E-state index is 11.2. The third-order valence-corrected chi connectivity index (χ3v) is 5.91. The highest BCUT2D eigenvalue weighted by Gasteiger charge is 2.27. The second-order valence-corrected chi connectivity index (χ2v) is 8.70. The van der Waals surface area contributed by atoms with Gasteiger partial charge in [-0.2, -0.15) is 4.98 Å². The van der Waals surface area contributed by atoms with E-state index in [1.54, 1.807) is 6.92 Å². The van der Waals surface area contributed by atoms with Gasteiger partial charge in [-0.3, -0.25) is 4.57 Å². The molecule has 2 aliphatic carbocycles. The molecule has 0 bridgehead atoms. The first kappa shape index (κ1) is 19.4. The van der Waals surface area contributed by atoms with E-state index in [-0.39, 0.29) is 18.0 Å². The summed E-state index contributed by atoms with van der Waals surface area (Å²) >= 11 is 0. The van der Waals surface area contributed by atoms with Crippen molar-refractivity contribution in [2.45, 2.75) is 76.9 Å². The summed E-state index contributed by atoms with van der Waals surface area (Å²) < 4.78 is 14.3. The zero-order valence-electron chi connectivity index (χ0n) is 17.2. The SMILES string of the molecule is CC(=O)C[C@@H](C)COC1CCC(Oc2nc3ncc(C4CC4)cc3n2C)CC1. The molecule has 0 saturated heterocycles. The highest BCUT2D eigenvalue weighted by molar-refractivity contribution is 5.75. The van der Waals surface area contributed by atoms with Crippen molar-refractivity contribution < 1.29 is 14.3 Å². The van der Waals surface area contributed by atoms with Gasteiger partial charge >= 0.3 is 0 Å². The van der Waals surface area contributed by atoms with E-state index in [2.05, 4.69) is 23.0 Å². The van der Waals surface area contributed by atoms with Crippen LogP contribution in [0.2, 0.25) is 0 Å². The zero-order chi connectivity index (χ0) is 19.7. The second kappa shape index (κ2) is 8.19. The van der Waals surface area contributed by atoms with Crippen LogP contribution in [0.4, 0.5) is 0 Å². The third kappa shape index (κ3) is 4.54. The number of hydrogen-bond donors (Lipinski definition) is 0. The number of ether oxygens (including phenoxy) is 2. The quantitative estimate of drug-likeness (QED) is 0.682. The van der Waals surface area contributed by atoms with Crippen LogP contribution in [0.25, 0.3) is 11.2 Å². The topological polar surface area (TPSA) is 66.2 Å². The molecule has 2 heterocycles. The number of aryl methyl sites for hydroxylation is 1. The first-order valence-corrected chi connectivity index (χ1v) is 10.6. The highest BCUT2D eigenvalue weighted by Crippen LogP contribution is 2.40. The fourth-order valence-electron chi connectivity index (χ4n) is 4.12. The van der Waals surface area contributed by atoms with Crippen molar-refractivity contribution in [1.29, 1.82) is 0 Å². The summed E-state index contributed by atoms with van der Waals surface area (Å²) in [6, 6.07) is 2.88. The summed E-state index contributed by atoms with van der Waals surface area (Å²) in [6.45, 7) is 4.38. The van der Waals surface area contributed by atoms with Crippen molar-refractivity contribution in [3.8, 4) is 6.01 Å². The summed E-state index contributed by atoms with van der Waals surface area (Å²) in [5.74, 6) is 1.21. The maximum Gasteiger partial charge on any atom is 0.298 e. The van der Waals surface area contributed by atoms with E-state index in [9.17, 15) is 4.79 Å². The molecule has 0 aromatic carbocycles. The number of aromatic nitrogens is 3. The molecule has 0 unspecified atom stereocenters. The summed E-state index contributed by atoms with van der Waals surface area (Å²) in [7, 11) is 2.01. The van der Waals surface area contributed by atoms with E-state index < -0.39 is 0 Å². The Morgan fingerprint density at radius 2 is 1.93 bits per heavy atom. The Hall–Kier alpha value is -1.95. The van der Waals surface area contributed by atoms with E-state index in [0.717, 1.165) is 36.8 Å². The van der Waals surface area contributed by atoms with Crippen LogP contribution in [0, 0.1) is 5.92 Å². The Bertz CT molecular complexity index is 835. The van der Waals surface area contributed by atoms with Crippen LogP contribution < -0.4 is 4.74 Å². The van der Waals surface area contributed by atoms with Crippen molar-refractivity contribution in [2.24, 2.45) is 13.0 Å². The number of ketones is 1. The number of carbonyl (C=O) groups is 1. The van der Waals surface area contributed by atoms with Crippen LogP contribution in [0.15, 0.2) is 12.3 Å². The van der Waals surface area contributed by atoms with Crippen LogP contribution in [0.5, 0.6) is 6.01 Å². The second-order valence-electron chi connectivity index (χ2n) is 8.70. The van der Waals surface area contributed by atoms with Crippen molar-refractivity contribution >= 4 is 16.9 Å². The molecule has 2 aromatic rings. The minimum absolute atomic E-state index is 0.174. The lowest BCUT2D eigenvalue weighted by Crippen LogP contribution is -2.30. The van der Waals surface area contributed by atoms with E-state index in [1.165, 1.54) is 18.4 Å². The van der Waals surface area contributed by atoms with Gasteiger partial charge in [0.2, 0.25) is 0 Å². The minimum Gasteiger partial charge on any atom is -0.461 e. The lowest BCUT2D eigenvalue weighted by atomic mass is 9.95. The average Bonchev–Trinajstić information content (AvgIpc) is 3.47. The summed E-state index contributed by atoms with van der Waals surface area (Å²) in [5.41, 5.74) is 3.13. The fourth-order valence-corrected chi connectivity index (χ4v) is 4.12. The van der Waals surface area contributed by atoms with Crippen LogP contribution in [-0.4, -0.2) is 39.1 Å². The van der Waals surface area contributed by atoms with Gasteiger partial charge in [0, 0.05) is 26.3 Å². The molecule has 0 amide bonds. The summed E-state index contributed by atoms with van der Waals surface area (Å²) in [4.78, 5) is 20.3. The summed E-state index contributed by atoms with van der Waals surface area (Å²) in [5, 5.41) is 0. The van der Waals surface area contributed by atoms with E-state index in [0.29, 0.717) is 30.9 Å². The number of Topliss-reactive ketones (excluding diaryl/α,β-unsaturated/α-hetero) is 1. The molecule has 2 fully saturated rings. The molecule has 28 heavy (non-hydrogen) atoms. The number of nitrogens with zero attached hydrogens (tertiary/aromatic N) is 3. The highest BCUT2D eigenvalue weighted by atomic mass is 16.5. The fraction of sp³-hybridized carbons (Fsp3) is 0.682. The predicted molar refractivity (Wildman–Crippen MR) is 108 cm³/mol. The number of carbonyl (C=O) groups excluding carboxylic acids is 1. The van der Waals surface area contributed by atoms with Gasteiger partial charge < -0.3 is 14.3 Å². The lowest BCUT2D eigenvalue weighted by Gasteiger charge is -2.29. The Morgan fingerprint density at radius 3 is 2.61 bits per heavy atom. The van der Waals surface area contributed by atoms with Gasteiger partial charge in [-0.05, 0) is 68.9 Å². The lowest BCUT2D eigenvalue weighted by molar-refractivity contribution is -0.118. The van der Waals surface area contributed by atoms with Crippen molar-refractivity contribution in [3.05, 3.63) is 17.8 Å². The van der Waals surface area contributed by atoms with Crippen molar-refractivity contribution in [3.63, 3.8) is 0 Å². The molecule has 1 atom stereocenters. The monoisotopic (exact) mass is 385 g/mol. The molecule has 6 heteroatoms. The molecule has 152 valence electrons. The van der Waals surface area contributed by atoms with E-state index in [4.69, 9.17) is 9.47 Å². The van der Waals surface area contributed by atoms with Crippen molar-refractivity contribution in [1.82, 2.24) is 14.5 Å². The molecule has 2 aromatic heterocycles. The normalized spacial score (nSPS) is 23.7. The molecule has 2 saturated carbocycles. The summed E-state index contributed by atoms with van der Waals surface area (Å²) in [6.07, 6.45) is 9.47. The zero-order valence-corrected chi connectivity index (χ0v) is 17.2. The van der Waals surface area contributed by atoms with Crippen LogP contribution in [0.3, 0.4) is 0 Å². The maximum atomic E-state index is 11.2. The van der Waals surface area contributed by atoms with Gasteiger partial charge in [-0.25, -0.2) is 4.98 Å². The number of hydrogen-bond acceptors (Lipinski definition) is 5. The molecular weight excluding hydrogens is 354 g/mol. The third-order valence-electron chi connectivity index (χ3n) is 5.91. The van der Waals surface area contributed by atoms with Gasteiger partial charge in [0.15, 0.2) is 5.65 Å². The molecule has 0 aliphatic heterocycles. The average molecular weight is 386 g/mol. The number of pyridine rings is 1. The molecular formula is C22H31N3O3. The molecule has 0 N–H and O–H groups in total. The first-order valence-electron chi connectivity index (χ1n) is 10.6. The van der Waals surface area contributed by atoms with Gasteiger partial charge in [0.1, 0.15) is 11.9 Å². The largest absolute Gasteiger partial charge is 0.461 e. The Kier molecular flexibility index (Phi) is 5.67. The Morgan fingerprint density at radius 1 is 1.21 bits per heavy atom. The smallest absolute Gasteiger partial charge is 0.298 e. The predicted octanol–water partition coefficient (Wildman–Crippen LogP) is 4.17. The van der Waals surface area contributed by atoms with Gasteiger partial charge in [0.25, 0.3) is 6.01 Å². The Balaban J connectivity index is 1.30. The first-order chi connectivity index (χ1) is 13.5.